The summed E-state index contributed by atoms with van der Waals surface area (Å²) in [6, 6.07) is 5.83. The molecule has 0 aliphatic carbocycles. The molecule has 1 aromatic carbocycles. The van der Waals surface area contributed by atoms with E-state index < -0.39 is 0 Å². The van der Waals surface area contributed by atoms with Gasteiger partial charge in [0.1, 0.15) is 11.5 Å². The summed E-state index contributed by atoms with van der Waals surface area (Å²) < 4.78 is 10.6. The van der Waals surface area contributed by atoms with E-state index in [9.17, 15) is 0 Å². The predicted molar refractivity (Wildman–Crippen MR) is 84.3 cm³/mol. The molecule has 0 aliphatic heterocycles. The van der Waals surface area contributed by atoms with Gasteiger partial charge in [0.25, 0.3) is 0 Å². The average Bonchev–Trinajstić information content (AvgIpc) is 2.35. The van der Waals surface area contributed by atoms with Gasteiger partial charge in [0.2, 0.25) is 0 Å². The first-order valence-corrected chi connectivity index (χ1v) is 7.24. The summed E-state index contributed by atoms with van der Waals surface area (Å²) in [5.41, 5.74) is 7.75. The summed E-state index contributed by atoms with van der Waals surface area (Å²) in [5, 5.41) is 0. The van der Waals surface area contributed by atoms with Crippen molar-refractivity contribution in [1.29, 1.82) is 0 Å². The van der Waals surface area contributed by atoms with E-state index in [0.29, 0.717) is 11.3 Å². The van der Waals surface area contributed by atoms with Gasteiger partial charge in [-0.05, 0) is 30.2 Å². The SMILES string of the molecule is COc1ccc(C(N)CC(C)CC(C)(C)C)c(OC)c1. The maximum atomic E-state index is 6.36. The van der Waals surface area contributed by atoms with Gasteiger partial charge < -0.3 is 15.2 Å². The molecule has 2 unspecified atom stereocenters. The molecule has 2 atom stereocenters. The molecular formula is C17H29NO2. The molecule has 3 nitrogen and oxygen atoms in total. The van der Waals surface area contributed by atoms with Gasteiger partial charge in [0, 0.05) is 17.7 Å². The van der Waals surface area contributed by atoms with Gasteiger partial charge in [-0.2, -0.15) is 0 Å². The molecule has 0 radical (unpaired) electrons. The van der Waals surface area contributed by atoms with E-state index in [1.54, 1.807) is 14.2 Å². The second kappa shape index (κ2) is 6.98. The Kier molecular flexibility index (Phi) is 5.88. The van der Waals surface area contributed by atoms with Crippen LogP contribution in [0.3, 0.4) is 0 Å². The minimum absolute atomic E-state index is 0.00629. The Morgan fingerprint density at radius 2 is 1.80 bits per heavy atom. The fourth-order valence-corrected chi connectivity index (χ4v) is 2.81. The lowest BCUT2D eigenvalue weighted by atomic mass is 9.82. The molecule has 2 N–H and O–H groups in total. The van der Waals surface area contributed by atoms with Gasteiger partial charge in [-0.25, -0.2) is 0 Å². The summed E-state index contributed by atoms with van der Waals surface area (Å²) >= 11 is 0. The van der Waals surface area contributed by atoms with Crippen molar-refractivity contribution in [2.45, 2.75) is 46.6 Å². The zero-order valence-corrected chi connectivity index (χ0v) is 13.7. The molecule has 0 saturated heterocycles. The van der Waals surface area contributed by atoms with E-state index in [2.05, 4.69) is 27.7 Å². The lowest BCUT2D eigenvalue weighted by Crippen LogP contribution is -2.18. The van der Waals surface area contributed by atoms with E-state index in [0.717, 1.165) is 23.5 Å². The third kappa shape index (κ3) is 5.04. The molecular weight excluding hydrogens is 250 g/mol. The van der Waals surface area contributed by atoms with Crippen LogP contribution in [0.25, 0.3) is 0 Å². The van der Waals surface area contributed by atoms with Crippen molar-refractivity contribution < 1.29 is 9.47 Å². The lowest BCUT2D eigenvalue weighted by molar-refractivity contribution is 0.284. The number of hydrogen-bond donors (Lipinski definition) is 1. The predicted octanol–water partition coefficient (Wildman–Crippen LogP) is 4.17. The largest absolute Gasteiger partial charge is 0.497 e. The minimum Gasteiger partial charge on any atom is -0.497 e. The molecule has 0 fully saturated rings. The summed E-state index contributed by atoms with van der Waals surface area (Å²) in [4.78, 5) is 0. The highest BCUT2D eigenvalue weighted by Gasteiger charge is 2.20. The van der Waals surface area contributed by atoms with Gasteiger partial charge in [-0.15, -0.1) is 0 Å². The van der Waals surface area contributed by atoms with Gasteiger partial charge >= 0.3 is 0 Å². The highest BCUT2D eigenvalue weighted by Crippen LogP contribution is 2.34. The standard InChI is InChI=1S/C17H29NO2/c1-12(11-17(2,3)4)9-15(18)14-8-7-13(19-5)10-16(14)20-6/h7-8,10,12,15H,9,11,18H2,1-6H3. The van der Waals surface area contributed by atoms with Crippen LogP contribution in [0.5, 0.6) is 11.5 Å². The Bertz CT molecular complexity index is 423. The number of benzene rings is 1. The fraction of sp³-hybridized carbons (Fsp3) is 0.647. The second-order valence-electron chi connectivity index (χ2n) is 6.82. The van der Waals surface area contributed by atoms with Crippen molar-refractivity contribution >= 4 is 0 Å². The van der Waals surface area contributed by atoms with E-state index in [4.69, 9.17) is 15.2 Å². The third-order valence-electron chi connectivity index (χ3n) is 3.46. The Balaban J connectivity index is 2.79. The molecule has 0 saturated carbocycles. The molecule has 1 rings (SSSR count). The van der Waals surface area contributed by atoms with Crippen LogP contribution in [0.2, 0.25) is 0 Å². The van der Waals surface area contributed by atoms with Crippen LogP contribution in [-0.2, 0) is 0 Å². The van der Waals surface area contributed by atoms with Gasteiger partial charge in [0.15, 0.2) is 0 Å². The molecule has 20 heavy (non-hydrogen) atoms. The Hall–Kier alpha value is -1.22. The molecule has 0 spiro atoms. The zero-order chi connectivity index (χ0) is 15.3. The van der Waals surface area contributed by atoms with Crippen molar-refractivity contribution in [3.05, 3.63) is 23.8 Å². The maximum Gasteiger partial charge on any atom is 0.127 e. The Morgan fingerprint density at radius 1 is 1.15 bits per heavy atom. The topological polar surface area (TPSA) is 44.5 Å². The molecule has 0 amide bonds. The summed E-state index contributed by atoms with van der Waals surface area (Å²) in [5.74, 6) is 2.18. The van der Waals surface area contributed by atoms with Crippen molar-refractivity contribution in [1.82, 2.24) is 0 Å². The number of hydrogen-bond acceptors (Lipinski definition) is 3. The molecule has 114 valence electrons. The van der Waals surface area contributed by atoms with E-state index in [1.165, 1.54) is 6.42 Å². The first kappa shape index (κ1) is 16.8. The molecule has 1 aromatic rings. The summed E-state index contributed by atoms with van der Waals surface area (Å²) in [7, 11) is 3.32. The monoisotopic (exact) mass is 279 g/mol. The van der Waals surface area contributed by atoms with Crippen LogP contribution in [0, 0.1) is 11.3 Å². The van der Waals surface area contributed by atoms with Crippen LogP contribution in [0.1, 0.15) is 52.1 Å². The van der Waals surface area contributed by atoms with E-state index in [1.807, 2.05) is 18.2 Å². The van der Waals surface area contributed by atoms with E-state index in [-0.39, 0.29) is 6.04 Å². The lowest BCUT2D eigenvalue weighted by Gasteiger charge is -2.26. The molecule has 0 bridgehead atoms. The van der Waals surface area contributed by atoms with Crippen LogP contribution >= 0.6 is 0 Å². The highest BCUT2D eigenvalue weighted by molar-refractivity contribution is 5.42. The van der Waals surface area contributed by atoms with E-state index >= 15 is 0 Å². The number of rotatable bonds is 6. The number of nitrogens with two attached hydrogens (primary N) is 1. The van der Waals surface area contributed by atoms with Crippen LogP contribution < -0.4 is 15.2 Å². The van der Waals surface area contributed by atoms with Crippen molar-refractivity contribution in [2.75, 3.05) is 14.2 Å². The van der Waals surface area contributed by atoms with Crippen LogP contribution in [0.4, 0.5) is 0 Å². The Labute approximate surface area is 123 Å². The normalized spacial score (nSPS) is 14.8. The summed E-state index contributed by atoms with van der Waals surface area (Å²) in [6.45, 7) is 9.07. The maximum absolute atomic E-state index is 6.36. The third-order valence-corrected chi connectivity index (χ3v) is 3.46. The van der Waals surface area contributed by atoms with Crippen molar-refractivity contribution in [3.63, 3.8) is 0 Å². The van der Waals surface area contributed by atoms with Gasteiger partial charge in [-0.3, -0.25) is 0 Å². The van der Waals surface area contributed by atoms with Crippen LogP contribution in [0.15, 0.2) is 18.2 Å². The zero-order valence-electron chi connectivity index (χ0n) is 13.7. The summed E-state index contributed by atoms with van der Waals surface area (Å²) in [6.07, 6.45) is 2.12. The second-order valence-corrected chi connectivity index (χ2v) is 6.82. The molecule has 0 heterocycles. The van der Waals surface area contributed by atoms with Gasteiger partial charge in [-0.1, -0.05) is 33.8 Å². The smallest absolute Gasteiger partial charge is 0.127 e. The number of methoxy groups -OCH3 is 2. The molecule has 0 aliphatic rings. The average molecular weight is 279 g/mol. The van der Waals surface area contributed by atoms with Crippen molar-refractivity contribution in [3.8, 4) is 11.5 Å². The highest BCUT2D eigenvalue weighted by atomic mass is 16.5. The van der Waals surface area contributed by atoms with Crippen molar-refractivity contribution in [2.24, 2.45) is 17.1 Å². The first-order valence-electron chi connectivity index (χ1n) is 7.24. The molecule has 0 aromatic heterocycles. The number of ether oxygens (including phenoxy) is 2. The minimum atomic E-state index is -0.00629. The first-order chi connectivity index (χ1) is 9.26. The quantitative estimate of drug-likeness (QED) is 0.850. The fourth-order valence-electron chi connectivity index (χ4n) is 2.81. The van der Waals surface area contributed by atoms with Gasteiger partial charge in [0.05, 0.1) is 14.2 Å². The van der Waals surface area contributed by atoms with Crippen LogP contribution in [-0.4, -0.2) is 14.2 Å². The Morgan fingerprint density at radius 3 is 2.30 bits per heavy atom. The molecule has 3 heteroatoms.